The lowest BCUT2D eigenvalue weighted by atomic mass is 9.82. The predicted molar refractivity (Wildman–Crippen MR) is 116 cm³/mol. The summed E-state index contributed by atoms with van der Waals surface area (Å²) in [5.74, 6) is -0.368. The van der Waals surface area contributed by atoms with Crippen LogP contribution >= 0.6 is 0 Å². The van der Waals surface area contributed by atoms with Crippen LogP contribution in [0, 0.1) is 20.8 Å². The number of nitrogens with one attached hydrogen (secondary N) is 1. The fraction of sp³-hybridized carbons (Fsp3) is 0.391. The molecule has 0 bridgehead atoms. The molecule has 30 heavy (non-hydrogen) atoms. The minimum Gasteiger partial charge on any atom is -0.496 e. The van der Waals surface area contributed by atoms with E-state index in [0.29, 0.717) is 22.4 Å². The van der Waals surface area contributed by atoms with Gasteiger partial charge < -0.3 is 10.1 Å². The van der Waals surface area contributed by atoms with Crippen LogP contribution in [0.4, 0.5) is 0 Å². The Hall–Kier alpha value is -2.67. The van der Waals surface area contributed by atoms with Crippen molar-refractivity contribution in [3.8, 4) is 5.75 Å². The van der Waals surface area contributed by atoms with Gasteiger partial charge in [0.1, 0.15) is 11.3 Å². The molecule has 2 aromatic rings. The van der Waals surface area contributed by atoms with Gasteiger partial charge in [0.15, 0.2) is 15.6 Å². The van der Waals surface area contributed by atoms with E-state index in [4.69, 9.17) is 4.74 Å². The van der Waals surface area contributed by atoms with Gasteiger partial charge in [-0.2, -0.15) is 0 Å². The molecule has 0 aliphatic carbocycles. The summed E-state index contributed by atoms with van der Waals surface area (Å²) < 4.78 is 29.4. The Morgan fingerprint density at radius 1 is 1.00 bits per heavy atom. The molecule has 1 aliphatic rings. The third-order valence-electron chi connectivity index (χ3n) is 5.70. The van der Waals surface area contributed by atoms with E-state index in [1.54, 1.807) is 37.3 Å². The van der Waals surface area contributed by atoms with Crippen LogP contribution in [0.1, 0.15) is 50.2 Å². The Morgan fingerprint density at radius 3 is 2.17 bits per heavy atom. The molecule has 2 aromatic carbocycles. The van der Waals surface area contributed by atoms with E-state index in [0.717, 1.165) is 11.1 Å². The maximum Gasteiger partial charge on any atom is 0.252 e. The Labute approximate surface area is 177 Å². The third kappa shape index (κ3) is 4.41. The number of ether oxygens (including phenoxy) is 1. The lowest BCUT2D eigenvalue weighted by molar-refractivity contribution is 0.0750. The van der Waals surface area contributed by atoms with Crippen molar-refractivity contribution in [2.45, 2.75) is 39.2 Å². The first-order valence-electron chi connectivity index (χ1n) is 9.86. The second kappa shape index (κ2) is 8.22. The summed E-state index contributed by atoms with van der Waals surface area (Å²) in [6, 6.07) is 10.7. The Kier molecular flexibility index (Phi) is 6.04. The zero-order chi connectivity index (χ0) is 22.1. The highest BCUT2D eigenvalue weighted by Gasteiger charge is 2.45. The second-order valence-corrected chi connectivity index (χ2v) is 10.3. The van der Waals surface area contributed by atoms with Crippen LogP contribution in [-0.2, 0) is 9.84 Å². The van der Waals surface area contributed by atoms with Crippen LogP contribution in [0.3, 0.4) is 0 Å². The predicted octanol–water partition coefficient (Wildman–Crippen LogP) is 3.18. The highest BCUT2D eigenvalue weighted by molar-refractivity contribution is 7.91. The molecule has 0 unspecified atom stereocenters. The van der Waals surface area contributed by atoms with Crippen molar-refractivity contribution in [3.05, 3.63) is 64.2 Å². The fourth-order valence-corrected chi connectivity index (χ4v) is 5.57. The van der Waals surface area contributed by atoms with Gasteiger partial charge in [-0.05, 0) is 57.9 Å². The van der Waals surface area contributed by atoms with Crippen molar-refractivity contribution in [2.75, 3.05) is 18.6 Å². The number of hydrogen-bond acceptors (Lipinski definition) is 5. The van der Waals surface area contributed by atoms with Crippen LogP contribution in [0.25, 0.3) is 0 Å². The van der Waals surface area contributed by atoms with Crippen molar-refractivity contribution in [2.24, 2.45) is 0 Å². The highest BCUT2D eigenvalue weighted by atomic mass is 32.2. The number of carbonyl (C=O) groups is 2. The minimum absolute atomic E-state index is 0.0515. The summed E-state index contributed by atoms with van der Waals surface area (Å²) in [6.45, 7) is 5.58. The molecule has 0 atom stereocenters. The number of sulfone groups is 1. The monoisotopic (exact) mass is 429 g/mol. The van der Waals surface area contributed by atoms with E-state index in [-0.39, 0.29) is 30.1 Å². The molecule has 1 saturated heterocycles. The molecule has 0 spiro atoms. The molecule has 1 amide bonds. The van der Waals surface area contributed by atoms with Crippen molar-refractivity contribution in [1.82, 2.24) is 5.32 Å². The molecule has 0 aromatic heterocycles. The third-order valence-corrected chi connectivity index (χ3v) is 7.35. The number of rotatable bonds is 5. The summed E-state index contributed by atoms with van der Waals surface area (Å²) >= 11 is 0. The van der Waals surface area contributed by atoms with Crippen molar-refractivity contribution < 1.29 is 22.7 Å². The van der Waals surface area contributed by atoms with Gasteiger partial charge in [-0.25, -0.2) is 8.42 Å². The van der Waals surface area contributed by atoms with E-state index in [1.165, 1.54) is 7.11 Å². The topological polar surface area (TPSA) is 89.5 Å². The number of Topliss-reactive ketones (excluding diaryl/α,β-unsaturated/α-hetero) is 1. The highest BCUT2D eigenvalue weighted by Crippen LogP contribution is 2.30. The van der Waals surface area contributed by atoms with E-state index in [9.17, 15) is 18.0 Å². The first-order valence-corrected chi connectivity index (χ1v) is 11.7. The standard InChI is InChI=1S/C23H27NO5S/c1-15-12-16(2)14-18(13-15)21(25)23(8-10-30(27,28)11-9-23)24-22(26)19-6-5-7-20(29-4)17(19)3/h5-7,12-14H,8-11H2,1-4H3,(H,24,26). The first kappa shape index (κ1) is 22.0. The van der Waals surface area contributed by atoms with Gasteiger partial charge >= 0.3 is 0 Å². The number of hydrogen-bond donors (Lipinski definition) is 1. The van der Waals surface area contributed by atoms with Crippen LogP contribution in [0.5, 0.6) is 5.75 Å². The second-order valence-electron chi connectivity index (χ2n) is 8.03. The van der Waals surface area contributed by atoms with E-state index >= 15 is 0 Å². The molecule has 160 valence electrons. The Bertz CT molecular complexity index is 1070. The number of methoxy groups -OCH3 is 1. The summed E-state index contributed by atoms with van der Waals surface area (Å²) in [6.07, 6.45) is 0.103. The largest absolute Gasteiger partial charge is 0.496 e. The average Bonchev–Trinajstić information content (AvgIpc) is 2.68. The van der Waals surface area contributed by atoms with Gasteiger partial charge in [0.25, 0.3) is 5.91 Å². The maximum absolute atomic E-state index is 13.6. The van der Waals surface area contributed by atoms with Crippen LogP contribution in [0.2, 0.25) is 0 Å². The average molecular weight is 430 g/mol. The molecule has 1 aliphatic heterocycles. The fourth-order valence-electron chi connectivity index (χ4n) is 4.04. The normalized spacial score (nSPS) is 17.2. The SMILES string of the molecule is COc1cccc(C(=O)NC2(C(=O)c3cc(C)cc(C)c3)CCS(=O)(=O)CC2)c1C. The number of aryl methyl sites for hydroxylation is 2. The molecule has 0 radical (unpaired) electrons. The molecular weight excluding hydrogens is 402 g/mol. The molecule has 3 rings (SSSR count). The molecule has 0 saturated carbocycles. The maximum atomic E-state index is 13.6. The smallest absolute Gasteiger partial charge is 0.252 e. The van der Waals surface area contributed by atoms with E-state index in [2.05, 4.69) is 5.32 Å². The van der Waals surface area contributed by atoms with Gasteiger partial charge in [-0.3, -0.25) is 9.59 Å². The number of carbonyl (C=O) groups excluding carboxylic acids is 2. The molecule has 1 fully saturated rings. The summed E-state index contributed by atoms with van der Waals surface area (Å²) in [4.78, 5) is 26.7. The van der Waals surface area contributed by atoms with Crippen LogP contribution < -0.4 is 10.1 Å². The van der Waals surface area contributed by atoms with E-state index < -0.39 is 21.3 Å². The zero-order valence-corrected chi connectivity index (χ0v) is 18.6. The van der Waals surface area contributed by atoms with Gasteiger partial charge in [0.05, 0.1) is 18.6 Å². The zero-order valence-electron chi connectivity index (χ0n) is 17.7. The molecule has 6 nitrogen and oxygen atoms in total. The summed E-state index contributed by atoms with van der Waals surface area (Å²) in [5, 5.41) is 2.91. The van der Waals surface area contributed by atoms with Crippen LogP contribution in [-0.4, -0.2) is 44.3 Å². The van der Waals surface area contributed by atoms with Crippen molar-refractivity contribution in [3.63, 3.8) is 0 Å². The Morgan fingerprint density at radius 2 is 1.60 bits per heavy atom. The number of amides is 1. The van der Waals surface area contributed by atoms with Gasteiger partial charge in [0.2, 0.25) is 0 Å². The van der Waals surface area contributed by atoms with Gasteiger partial charge in [0, 0.05) is 16.7 Å². The van der Waals surface area contributed by atoms with Gasteiger partial charge in [-0.15, -0.1) is 0 Å². The summed E-state index contributed by atoms with van der Waals surface area (Å²) in [5.41, 5.74) is 2.15. The molecule has 1 heterocycles. The molecule has 7 heteroatoms. The van der Waals surface area contributed by atoms with E-state index in [1.807, 2.05) is 19.9 Å². The quantitative estimate of drug-likeness (QED) is 0.738. The number of ketones is 1. The molecule has 1 N–H and O–H groups in total. The minimum atomic E-state index is -3.23. The summed E-state index contributed by atoms with van der Waals surface area (Å²) in [7, 11) is -1.70. The number of benzene rings is 2. The van der Waals surface area contributed by atoms with Crippen molar-refractivity contribution >= 4 is 21.5 Å². The van der Waals surface area contributed by atoms with Gasteiger partial charge in [-0.1, -0.05) is 23.3 Å². The lowest BCUT2D eigenvalue weighted by Gasteiger charge is -2.37. The van der Waals surface area contributed by atoms with Crippen molar-refractivity contribution in [1.29, 1.82) is 0 Å². The molecular formula is C23H27NO5S. The first-order chi connectivity index (χ1) is 14.1. The Balaban J connectivity index is 2.01. The lowest BCUT2D eigenvalue weighted by Crippen LogP contribution is -2.58. The van der Waals surface area contributed by atoms with Crippen LogP contribution in [0.15, 0.2) is 36.4 Å².